The van der Waals surface area contributed by atoms with Gasteiger partial charge < -0.3 is 15.2 Å². The molecule has 4 rings (SSSR count). The number of rotatable bonds is 7. The van der Waals surface area contributed by atoms with E-state index in [1.807, 2.05) is 48.5 Å². The van der Waals surface area contributed by atoms with E-state index < -0.39 is 24.0 Å². The highest BCUT2D eigenvalue weighted by Crippen LogP contribution is 2.44. The molecule has 3 aromatic rings. The summed E-state index contributed by atoms with van der Waals surface area (Å²) < 4.78 is 5.41. The molecule has 32 heavy (non-hydrogen) atoms. The monoisotopic (exact) mass is 435 g/mol. The summed E-state index contributed by atoms with van der Waals surface area (Å²) in [6.07, 6.45) is -0.984. The molecule has 0 saturated carbocycles. The quantitative estimate of drug-likeness (QED) is 0.446. The zero-order valence-corrected chi connectivity index (χ0v) is 17.2. The number of anilines is 1. The second-order valence-electron chi connectivity index (χ2n) is 7.43. The van der Waals surface area contributed by atoms with Gasteiger partial charge in [0, 0.05) is 12.0 Å². The molecule has 164 valence electrons. The third-order valence-corrected chi connectivity index (χ3v) is 5.12. The van der Waals surface area contributed by atoms with Crippen LogP contribution < -0.4 is 10.6 Å². The molecular formula is C22H21N5O5. The van der Waals surface area contributed by atoms with Gasteiger partial charge in [0.2, 0.25) is 5.82 Å². The van der Waals surface area contributed by atoms with Crippen molar-refractivity contribution in [1.29, 1.82) is 0 Å². The summed E-state index contributed by atoms with van der Waals surface area (Å²) in [5, 5.41) is 19.8. The van der Waals surface area contributed by atoms with E-state index in [0.717, 1.165) is 22.3 Å². The van der Waals surface area contributed by atoms with Gasteiger partial charge in [0.25, 0.3) is 11.9 Å². The molecule has 0 radical (unpaired) electrons. The molecule has 1 aliphatic carbocycles. The summed E-state index contributed by atoms with van der Waals surface area (Å²) in [5.41, 5.74) is 4.43. The fourth-order valence-electron chi connectivity index (χ4n) is 3.75. The Bertz CT molecular complexity index is 1130. The third kappa shape index (κ3) is 4.43. The number of ether oxygens (including phenoxy) is 1. The normalized spacial score (nSPS) is 13.0. The molecule has 1 heterocycles. The molecule has 0 saturated heterocycles. The predicted molar refractivity (Wildman–Crippen MR) is 114 cm³/mol. The largest absolute Gasteiger partial charge is 0.481 e. The lowest BCUT2D eigenvalue weighted by Crippen LogP contribution is -2.34. The van der Waals surface area contributed by atoms with Crippen molar-refractivity contribution >= 4 is 23.9 Å². The van der Waals surface area contributed by atoms with Crippen molar-refractivity contribution in [1.82, 2.24) is 20.5 Å². The summed E-state index contributed by atoms with van der Waals surface area (Å²) in [6, 6.07) is 15.4. The molecular weight excluding hydrogens is 414 g/mol. The van der Waals surface area contributed by atoms with E-state index in [1.54, 1.807) is 6.92 Å². The van der Waals surface area contributed by atoms with Crippen LogP contribution in [0, 0.1) is 0 Å². The van der Waals surface area contributed by atoms with Crippen molar-refractivity contribution in [2.75, 3.05) is 11.9 Å². The van der Waals surface area contributed by atoms with E-state index in [4.69, 9.17) is 9.84 Å². The predicted octanol–water partition coefficient (Wildman–Crippen LogP) is 2.76. The van der Waals surface area contributed by atoms with Gasteiger partial charge in [-0.1, -0.05) is 48.5 Å². The number of nitrogens with one attached hydrogen (secondary N) is 3. The van der Waals surface area contributed by atoms with E-state index in [-0.39, 0.29) is 30.7 Å². The van der Waals surface area contributed by atoms with Crippen LogP contribution in [0.4, 0.5) is 10.7 Å². The van der Waals surface area contributed by atoms with Gasteiger partial charge in [-0.2, -0.15) is 4.98 Å². The van der Waals surface area contributed by atoms with E-state index in [2.05, 4.69) is 25.8 Å². The smallest absolute Gasteiger partial charge is 0.414 e. The van der Waals surface area contributed by atoms with Crippen LogP contribution in [0.15, 0.2) is 48.5 Å². The first-order chi connectivity index (χ1) is 15.4. The molecule has 10 nitrogen and oxygen atoms in total. The van der Waals surface area contributed by atoms with Crippen molar-refractivity contribution < 1.29 is 24.2 Å². The van der Waals surface area contributed by atoms with Crippen LogP contribution in [-0.2, 0) is 9.53 Å². The number of aromatic nitrogens is 3. The summed E-state index contributed by atoms with van der Waals surface area (Å²) in [7, 11) is 0. The first-order valence-electron chi connectivity index (χ1n) is 9.99. The highest BCUT2D eigenvalue weighted by Gasteiger charge is 2.29. The van der Waals surface area contributed by atoms with Gasteiger partial charge in [0.1, 0.15) is 6.61 Å². The van der Waals surface area contributed by atoms with Crippen LogP contribution in [-0.4, -0.2) is 50.9 Å². The van der Waals surface area contributed by atoms with Crippen LogP contribution in [0.5, 0.6) is 0 Å². The van der Waals surface area contributed by atoms with Gasteiger partial charge in [0.05, 0.1) is 6.42 Å². The zero-order valence-electron chi connectivity index (χ0n) is 17.2. The standard InChI is InChI=1S/C22H21N5O5/c1-12(10-18(28)29)23-20(30)19-24-21(27-26-19)25-22(31)32-11-17-15-8-4-2-6-13(15)14-7-3-5-9-16(14)17/h2-9,12,17H,10-11H2,1H3,(H,23,30)(H,28,29)(H2,24,25,26,27,31). The van der Waals surface area contributed by atoms with E-state index in [1.165, 1.54) is 0 Å². The average molecular weight is 435 g/mol. The van der Waals surface area contributed by atoms with E-state index in [9.17, 15) is 14.4 Å². The number of carbonyl (C=O) groups is 3. The highest BCUT2D eigenvalue weighted by atomic mass is 16.5. The van der Waals surface area contributed by atoms with E-state index >= 15 is 0 Å². The Hall–Kier alpha value is -4.21. The van der Waals surface area contributed by atoms with Crippen molar-refractivity contribution in [3.8, 4) is 11.1 Å². The molecule has 0 aliphatic heterocycles. The van der Waals surface area contributed by atoms with Crippen LogP contribution in [0.25, 0.3) is 11.1 Å². The van der Waals surface area contributed by atoms with Gasteiger partial charge in [-0.3, -0.25) is 20.0 Å². The van der Waals surface area contributed by atoms with Crippen LogP contribution in [0.3, 0.4) is 0 Å². The van der Waals surface area contributed by atoms with Crippen LogP contribution in [0.1, 0.15) is 41.0 Å². The minimum Gasteiger partial charge on any atom is -0.481 e. The average Bonchev–Trinajstić information content (AvgIpc) is 3.34. The number of aliphatic carboxylic acids is 1. The minimum absolute atomic E-state index is 0.0858. The fourth-order valence-corrected chi connectivity index (χ4v) is 3.75. The maximum atomic E-state index is 12.3. The number of benzene rings is 2. The lowest BCUT2D eigenvalue weighted by atomic mass is 9.98. The van der Waals surface area contributed by atoms with Crippen molar-refractivity contribution in [3.05, 3.63) is 65.5 Å². The summed E-state index contributed by atoms with van der Waals surface area (Å²) >= 11 is 0. The second kappa shape index (κ2) is 8.88. The van der Waals surface area contributed by atoms with Crippen LogP contribution in [0.2, 0.25) is 0 Å². The highest BCUT2D eigenvalue weighted by molar-refractivity contribution is 5.91. The Morgan fingerprint density at radius 2 is 1.72 bits per heavy atom. The Labute approximate surface area is 183 Å². The number of amides is 2. The second-order valence-corrected chi connectivity index (χ2v) is 7.43. The number of carboxylic acids is 1. The molecule has 2 amide bonds. The fraction of sp³-hybridized carbons (Fsp3) is 0.227. The number of carbonyl (C=O) groups excluding carboxylic acids is 2. The van der Waals surface area contributed by atoms with Gasteiger partial charge in [-0.05, 0) is 29.2 Å². The van der Waals surface area contributed by atoms with E-state index in [0.29, 0.717) is 0 Å². The maximum absolute atomic E-state index is 12.3. The zero-order chi connectivity index (χ0) is 22.7. The lowest BCUT2D eigenvalue weighted by molar-refractivity contribution is -0.137. The minimum atomic E-state index is -1.03. The maximum Gasteiger partial charge on any atom is 0.414 e. The molecule has 1 aliphatic rings. The molecule has 2 aromatic carbocycles. The Morgan fingerprint density at radius 1 is 1.09 bits per heavy atom. The molecule has 1 aromatic heterocycles. The van der Waals surface area contributed by atoms with Crippen molar-refractivity contribution in [3.63, 3.8) is 0 Å². The molecule has 4 N–H and O–H groups in total. The molecule has 1 atom stereocenters. The Morgan fingerprint density at radius 3 is 2.34 bits per heavy atom. The lowest BCUT2D eigenvalue weighted by Gasteiger charge is -2.13. The number of hydrogen-bond acceptors (Lipinski definition) is 6. The molecule has 0 spiro atoms. The first kappa shape index (κ1) is 21.0. The van der Waals surface area contributed by atoms with Gasteiger partial charge >= 0.3 is 12.1 Å². The SMILES string of the molecule is CC(CC(=O)O)NC(=O)c1nc(NC(=O)OCC2c3ccccc3-c3ccccc32)n[nH]1. The Balaban J connectivity index is 1.35. The summed E-state index contributed by atoms with van der Waals surface area (Å²) in [5.74, 6) is -2.04. The number of hydrogen-bond donors (Lipinski definition) is 4. The number of carboxylic acid groups (broad SMARTS) is 1. The van der Waals surface area contributed by atoms with Gasteiger partial charge in [-0.25, -0.2) is 4.79 Å². The molecule has 1 unspecified atom stereocenters. The third-order valence-electron chi connectivity index (χ3n) is 5.12. The number of fused-ring (bicyclic) bond motifs is 3. The summed E-state index contributed by atoms with van der Waals surface area (Å²) in [6.45, 7) is 1.68. The van der Waals surface area contributed by atoms with Gasteiger partial charge in [0.15, 0.2) is 0 Å². The van der Waals surface area contributed by atoms with Gasteiger partial charge in [-0.15, -0.1) is 5.10 Å². The molecule has 0 fully saturated rings. The molecule has 0 bridgehead atoms. The Kier molecular flexibility index (Phi) is 5.84. The summed E-state index contributed by atoms with van der Waals surface area (Å²) in [4.78, 5) is 39.0. The number of nitrogens with zero attached hydrogens (tertiary/aromatic N) is 2. The molecule has 10 heteroatoms. The van der Waals surface area contributed by atoms with Crippen molar-refractivity contribution in [2.24, 2.45) is 0 Å². The topological polar surface area (TPSA) is 146 Å². The number of aromatic amines is 1. The van der Waals surface area contributed by atoms with Crippen molar-refractivity contribution in [2.45, 2.75) is 25.3 Å². The number of H-pyrrole nitrogens is 1. The van der Waals surface area contributed by atoms with Crippen LogP contribution >= 0.6 is 0 Å². The first-order valence-corrected chi connectivity index (χ1v) is 9.99.